The van der Waals surface area contributed by atoms with E-state index in [9.17, 15) is 13.2 Å². The molecule has 16 heavy (non-hydrogen) atoms. The molecule has 0 spiro atoms. The number of anilines is 1. The van der Waals surface area contributed by atoms with E-state index in [0.29, 0.717) is 0 Å². The van der Waals surface area contributed by atoms with E-state index in [1.807, 2.05) is 0 Å². The Morgan fingerprint density at radius 1 is 1.25 bits per heavy atom. The quantitative estimate of drug-likeness (QED) is 0.799. The van der Waals surface area contributed by atoms with Crippen LogP contribution in [0.25, 0.3) is 5.82 Å². The van der Waals surface area contributed by atoms with Gasteiger partial charge in [-0.2, -0.15) is 18.3 Å². The molecule has 0 saturated heterocycles. The summed E-state index contributed by atoms with van der Waals surface area (Å²) in [4.78, 5) is 7.49. The molecule has 2 rings (SSSR count). The summed E-state index contributed by atoms with van der Waals surface area (Å²) in [5.74, 6) is 0.247. The summed E-state index contributed by atoms with van der Waals surface area (Å²) in [6, 6.07) is 0.852. The molecule has 0 aliphatic rings. The molecule has 84 valence electrons. The Labute approximate surface area is 87.7 Å². The van der Waals surface area contributed by atoms with Gasteiger partial charge in [0.15, 0.2) is 11.5 Å². The van der Waals surface area contributed by atoms with E-state index < -0.39 is 11.9 Å². The minimum Gasteiger partial charge on any atom is -0.382 e. The van der Waals surface area contributed by atoms with Gasteiger partial charge in [-0.05, 0) is 6.07 Å². The van der Waals surface area contributed by atoms with Gasteiger partial charge < -0.3 is 5.73 Å². The molecule has 2 aromatic heterocycles. The fourth-order valence-corrected chi connectivity index (χ4v) is 1.08. The van der Waals surface area contributed by atoms with Crippen LogP contribution < -0.4 is 5.73 Å². The molecular weight excluding hydrogens is 223 g/mol. The topological polar surface area (TPSA) is 69.6 Å². The van der Waals surface area contributed by atoms with E-state index in [-0.39, 0.29) is 11.6 Å². The van der Waals surface area contributed by atoms with E-state index in [4.69, 9.17) is 5.73 Å². The average molecular weight is 229 g/mol. The fourth-order valence-electron chi connectivity index (χ4n) is 1.08. The fraction of sp³-hybridized carbons (Fsp3) is 0.125. The number of nitrogen functional groups attached to an aromatic ring is 1. The minimum absolute atomic E-state index is 0.113. The van der Waals surface area contributed by atoms with Crippen molar-refractivity contribution in [2.75, 3.05) is 5.73 Å². The summed E-state index contributed by atoms with van der Waals surface area (Å²) in [6.45, 7) is 0. The normalized spacial score (nSPS) is 11.7. The average Bonchev–Trinajstić information content (AvgIpc) is 2.65. The van der Waals surface area contributed by atoms with Gasteiger partial charge >= 0.3 is 6.18 Å². The van der Waals surface area contributed by atoms with Crippen molar-refractivity contribution < 1.29 is 13.2 Å². The summed E-state index contributed by atoms with van der Waals surface area (Å²) in [5, 5.41) is 3.33. The third-order valence-corrected chi connectivity index (χ3v) is 1.75. The first-order valence-electron chi connectivity index (χ1n) is 4.17. The lowest BCUT2D eigenvalue weighted by atomic mass is 10.4. The van der Waals surface area contributed by atoms with Crippen molar-refractivity contribution in [3.8, 4) is 5.82 Å². The van der Waals surface area contributed by atoms with E-state index in [2.05, 4.69) is 15.1 Å². The first-order chi connectivity index (χ1) is 7.47. The first kappa shape index (κ1) is 10.4. The van der Waals surface area contributed by atoms with Crippen LogP contribution in [0.4, 0.5) is 19.0 Å². The summed E-state index contributed by atoms with van der Waals surface area (Å²) in [6.07, 6.45) is -0.771. The van der Waals surface area contributed by atoms with Crippen LogP contribution in [0.1, 0.15) is 5.69 Å². The summed E-state index contributed by atoms with van der Waals surface area (Å²) in [5.41, 5.74) is 4.36. The van der Waals surface area contributed by atoms with E-state index >= 15 is 0 Å². The van der Waals surface area contributed by atoms with Gasteiger partial charge in [0.05, 0.1) is 12.4 Å². The molecule has 2 N–H and O–H groups in total. The Balaban J connectivity index is 2.39. The first-order valence-corrected chi connectivity index (χ1v) is 4.17. The second kappa shape index (κ2) is 3.47. The van der Waals surface area contributed by atoms with Crippen LogP contribution >= 0.6 is 0 Å². The smallest absolute Gasteiger partial charge is 0.382 e. The SMILES string of the molecule is Nc1cncc(-n2ccc(C(F)(F)F)n2)n1. The molecule has 0 radical (unpaired) electrons. The third-order valence-electron chi connectivity index (χ3n) is 1.75. The largest absolute Gasteiger partial charge is 0.435 e. The molecule has 2 heterocycles. The highest BCUT2D eigenvalue weighted by atomic mass is 19.4. The molecule has 2 aromatic rings. The number of rotatable bonds is 1. The molecule has 8 heteroatoms. The Bertz CT molecular complexity index is 504. The second-order valence-electron chi connectivity index (χ2n) is 2.95. The van der Waals surface area contributed by atoms with Crippen molar-refractivity contribution >= 4 is 5.82 Å². The van der Waals surface area contributed by atoms with Gasteiger partial charge in [0.1, 0.15) is 5.82 Å². The monoisotopic (exact) mass is 229 g/mol. The predicted octanol–water partition coefficient (Wildman–Crippen LogP) is 1.26. The van der Waals surface area contributed by atoms with Crippen molar-refractivity contribution in [2.45, 2.75) is 6.18 Å². The maximum Gasteiger partial charge on any atom is 0.435 e. The number of nitrogens with zero attached hydrogens (tertiary/aromatic N) is 4. The number of halogens is 3. The Kier molecular flexibility index (Phi) is 2.26. The van der Waals surface area contributed by atoms with Crippen molar-refractivity contribution in [1.82, 2.24) is 19.7 Å². The van der Waals surface area contributed by atoms with Gasteiger partial charge in [-0.15, -0.1) is 0 Å². The van der Waals surface area contributed by atoms with Gasteiger partial charge in [0.2, 0.25) is 0 Å². The van der Waals surface area contributed by atoms with E-state index in [1.165, 1.54) is 12.4 Å². The molecule has 0 aliphatic carbocycles. The number of alkyl halides is 3. The Hall–Kier alpha value is -2.12. The standard InChI is InChI=1S/C8H6F3N5/c9-8(10,11)5-1-2-16(15-5)7-4-13-3-6(12)14-7/h1-4H,(H2,12,14). The van der Waals surface area contributed by atoms with Gasteiger partial charge in [0.25, 0.3) is 0 Å². The maximum absolute atomic E-state index is 12.3. The molecule has 0 aromatic carbocycles. The van der Waals surface area contributed by atoms with Crippen LogP contribution in [0.3, 0.4) is 0 Å². The van der Waals surface area contributed by atoms with Crippen LogP contribution in [-0.4, -0.2) is 19.7 Å². The zero-order valence-electron chi connectivity index (χ0n) is 7.81. The van der Waals surface area contributed by atoms with Gasteiger partial charge in [-0.3, -0.25) is 4.98 Å². The zero-order valence-corrected chi connectivity index (χ0v) is 7.81. The summed E-state index contributed by atoms with van der Waals surface area (Å²) in [7, 11) is 0. The molecule has 0 bridgehead atoms. The van der Waals surface area contributed by atoms with Crippen molar-refractivity contribution in [1.29, 1.82) is 0 Å². The van der Waals surface area contributed by atoms with Crippen LogP contribution in [-0.2, 0) is 6.18 Å². The molecule has 5 nitrogen and oxygen atoms in total. The molecule has 0 unspecified atom stereocenters. The van der Waals surface area contributed by atoms with Crippen molar-refractivity contribution in [3.63, 3.8) is 0 Å². The van der Waals surface area contributed by atoms with Crippen LogP contribution in [0.2, 0.25) is 0 Å². The zero-order chi connectivity index (χ0) is 11.8. The van der Waals surface area contributed by atoms with Gasteiger partial charge in [-0.1, -0.05) is 0 Å². The second-order valence-corrected chi connectivity index (χ2v) is 2.95. The van der Waals surface area contributed by atoms with Crippen LogP contribution in [0, 0.1) is 0 Å². The molecule has 0 amide bonds. The Morgan fingerprint density at radius 3 is 2.56 bits per heavy atom. The lowest BCUT2D eigenvalue weighted by Crippen LogP contribution is -2.08. The summed E-state index contributed by atoms with van der Waals surface area (Å²) < 4.78 is 37.7. The number of hydrogen-bond acceptors (Lipinski definition) is 4. The minimum atomic E-state index is -4.47. The highest BCUT2D eigenvalue weighted by Gasteiger charge is 2.33. The van der Waals surface area contributed by atoms with Crippen molar-refractivity contribution in [3.05, 3.63) is 30.4 Å². The van der Waals surface area contributed by atoms with E-state index in [0.717, 1.165) is 16.9 Å². The number of nitrogens with two attached hydrogens (primary N) is 1. The highest BCUT2D eigenvalue weighted by molar-refractivity contribution is 5.30. The molecule has 0 aliphatic heterocycles. The highest BCUT2D eigenvalue weighted by Crippen LogP contribution is 2.27. The van der Waals surface area contributed by atoms with Crippen LogP contribution in [0.5, 0.6) is 0 Å². The van der Waals surface area contributed by atoms with Crippen LogP contribution in [0.15, 0.2) is 24.7 Å². The third kappa shape index (κ3) is 1.95. The summed E-state index contributed by atoms with van der Waals surface area (Å²) >= 11 is 0. The lowest BCUT2D eigenvalue weighted by molar-refractivity contribution is -0.141. The van der Waals surface area contributed by atoms with E-state index in [1.54, 1.807) is 0 Å². The lowest BCUT2D eigenvalue weighted by Gasteiger charge is -2.02. The molecule has 0 fully saturated rings. The van der Waals surface area contributed by atoms with Gasteiger partial charge in [0, 0.05) is 6.20 Å². The molecule has 0 atom stereocenters. The molecule has 0 saturated carbocycles. The number of hydrogen-bond donors (Lipinski definition) is 1. The van der Waals surface area contributed by atoms with Gasteiger partial charge in [-0.25, -0.2) is 9.67 Å². The molecular formula is C8H6F3N5. The predicted molar refractivity (Wildman–Crippen MR) is 48.6 cm³/mol. The number of aromatic nitrogens is 4. The van der Waals surface area contributed by atoms with Crippen molar-refractivity contribution in [2.24, 2.45) is 0 Å². The maximum atomic E-state index is 12.3. The Morgan fingerprint density at radius 2 is 2.00 bits per heavy atom.